The Morgan fingerprint density at radius 1 is 1.25 bits per heavy atom. The second kappa shape index (κ2) is 4.29. The first kappa shape index (κ1) is 8.47. The molecule has 1 rings (SSSR count). The highest BCUT2D eigenvalue weighted by Crippen LogP contribution is 2.04. The van der Waals surface area contributed by atoms with E-state index in [2.05, 4.69) is 6.58 Å². The minimum absolute atomic E-state index is 0.696. The van der Waals surface area contributed by atoms with Crippen LogP contribution in [0.15, 0.2) is 43.0 Å². The van der Waals surface area contributed by atoms with Gasteiger partial charge in [0.25, 0.3) is 0 Å². The van der Waals surface area contributed by atoms with Gasteiger partial charge in [0.05, 0.1) is 0 Å². The molecule has 0 unspecified atom stereocenters. The summed E-state index contributed by atoms with van der Waals surface area (Å²) in [5, 5.41) is 0. The van der Waals surface area contributed by atoms with Gasteiger partial charge in [-0.2, -0.15) is 0 Å². The van der Waals surface area contributed by atoms with Crippen molar-refractivity contribution in [3.63, 3.8) is 0 Å². The molecule has 0 aliphatic rings. The van der Waals surface area contributed by atoms with Crippen LogP contribution in [0, 0.1) is 0 Å². The zero-order chi connectivity index (χ0) is 8.81. The van der Waals surface area contributed by atoms with Crippen LogP contribution in [0.2, 0.25) is 0 Å². The van der Waals surface area contributed by atoms with E-state index in [4.69, 9.17) is 0 Å². The summed E-state index contributed by atoms with van der Waals surface area (Å²) in [7, 11) is 0. The molecule has 60 valence electrons. The monoisotopic (exact) mass is 158 g/mol. The number of allylic oxidation sites excluding steroid dienone is 2. The lowest BCUT2D eigenvalue weighted by atomic mass is 10.1. The van der Waals surface area contributed by atoms with Crippen LogP contribution in [0.25, 0.3) is 6.08 Å². The quantitative estimate of drug-likeness (QED) is 0.488. The highest BCUT2D eigenvalue weighted by molar-refractivity contribution is 5.76. The van der Waals surface area contributed by atoms with Crippen LogP contribution in [-0.2, 0) is 0 Å². The summed E-state index contributed by atoms with van der Waals surface area (Å²) < 4.78 is 0. The lowest BCUT2D eigenvalue weighted by molar-refractivity contribution is 0.112. The Balaban J connectivity index is 2.93. The molecule has 1 aromatic carbocycles. The Morgan fingerprint density at radius 2 is 2.00 bits per heavy atom. The highest BCUT2D eigenvalue weighted by Gasteiger charge is 1.88. The topological polar surface area (TPSA) is 17.1 Å². The van der Waals surface area contributed by atoms with Gasteiger partial charge in [-0.3, -0.25) is 4.79 Å². The van der Waals surface area contributed by atoms with Crippen molar-refractivity contribution in [3.8, 4) is 0 Å². The fourth-order valence-electron chi connectivity index (χ4n) is 0.915. The molecule has 1 nitrogen and oxygen atoms in total. The lowest BCUT2D eigenvalue weighted by Crippen LogP contribution is -1.79. The van der Waals surface area contributed by atoms with Crippen LogP contribution in [0.3, 0.4) is 0 Å². The van der Waals surface area contributed by atoms with Gasteiger partial charge in [-0.05, 0) is 11.6 Å². The molecule has 0 heterocycles. The summed E-state index contributed by atoms with van der Waals surface area (Å²) in [5.74, 6) is 0. The van der Waals surface area contributed by atoms with Crippen molar-refractivity contribution >= 4 is 12.4 Å². The first-order valence-electron chi connectivity index (χ1n) is 3.71. The van der Waals surface area contributed by atoms with Crippen LogP contribution in [0.5, 0.6) is 0 Å². The van der Waals surface area contributed by atoms with E-state index in [1.54, 1.807) is 12.1 Å². The third-order valence-electron chi connectivity index (χ3n) is 1.47. The zero-order valence-corrected chi connectivity index (χ0v) is 6.73. The van der Waals surface area contributed by atoms with Gasteiger partial charge in [-0.1, -0.05) is 43.0 Å². The molecule has 1 heteroatoms. The molecule has 0 spiro atoms. The van der Waals surface area contributed by atoms with Crippen LogP contribution in [0.4, 0.5) is 0 Å². The number of carbonyl (C=O) groups excluding carboxylic acids is 1. The molecule has 0 aromatic heterocycles. The summed E-state index contributed by atoms with van der Waals surface area (Å²) in [6.45, 7) is 3.56. The second-order valence-corrected chi connectivity index (χ2v) is 2.38. The molecule has 0 aliphatic carbocycles. The minimum Gasteiger partial charge on any atom is -0.298 e. The maximum atomic E-state index is 10.4. The van der Waals surface area contributed by atoms with Crippen LogP contribution >= 0.6 is 0 Å². The Morgan fingerprint density at radius 3 is 2.67 bits per heavy atom. The average Bonchev–Trinajstić information content (AvgIpc) is 2.15. The van der Waals surface area contributed by atoms with Crippen molar-refractivity contribution in [1.82, 2.24) is 0 Å². The van der Waals surface area contributed by atoms with Gasteiger partial charge in [0, 0.05) is 5.56 Å². The number of carbonyl (C=O) groups is 1. The first-order valence-corrected chi connectivity index (χ1v) is 3.71. The molecular weight excluding hydrogens is 148 g/mol. The summed E-state index contributed by atoms with van der Waals surface area (Å²) >= 11 is 0. The smallest absolute Gasteiger partial charge is 0.150 e. The highest BCUT2D eigenvalue weighted by atomic mass is 16.1. The molecule has 0 amide bonds. The van der Waals surface area contributed by atoms with E-state index in [1.165, 1.54) is 0 Å². The Kier molecular flexibility index (Phi) is 3.03. The van der Waals surface area contributed by atoms with Crippen molar-refractivity contribution in [2.75, 3.05) is 0 Å². The lowest BCUT2D eigenvalue weighted by Gasteiger charge is -1.92. The Bertz CT molecular complexity index is 311. The normalized spacial score (nSPS) is 10.0. The second-order valence-electron chi connectivity index (χ2n) is 2.38. The van der Waals surface area contributed by atoms with Gasteiger partial charge in [0.15, 0.2) is 0 Å². The third kappa shape index (κ3) is 2.20. The molecule has 0 atom stereocenters. The summed E-state index contributed by atoms with van der Waals surface area (Å²) in [6.07, 6.45) is 6.28. The first-order chi connectivity index (χ1) is 5.86. The predicted octanol–water partition coefficient (Wildman–Crippen LogP) is 2.70. The number of hydrogen-bond acceptors (Lipinski definition) is 1. The number of rotatable bonds is 3. The van der Waals surface area contributed by atoms with E-state index in [-0.39, 0.29) is 0 Å². The van der Waals surface area contributed by atoms with Gasteiger partial charge in [-0.15, -0.1) is 0 Å². The van der Waals surface area contributed by atoms with Gasteiger partial charge in [0.2, 0.25) is 0 Å². The molecule has 12 heavy (non-hydrogen) atoms. The molecule has 1 aromatic rings. The van der Waals surface area contributed by atoms with Crippen molar-refractivity contribution in [1.29, 1.82) is 0 Å². The fourth-order valence-corrected chi connectivity index (χ4v) is 0.915. The maximum Gasteiger partial charge on any atom is 0.150 e. The number of aldehydes is 1. The van der Waals surface area contributed by atoms with Crippen molar-refractivity contribution in [2.24, 2.45) is 0 Å². The van der Waals surface area contributed by atoms with Crippen LogP contribution in [-0.4, -0.2) is 6.29 Å². The standard InChI is InChI=1S/C11H10O/c1-2-3-5-10-6-4-7-11(8-10)9-12/h2-9H,1H2/b5-3-. The molecule has 0 radical (unpaired) electrons. The zero-order valence-electron chi connectivity index (χ0n) is 6.73. The molecule has 0 saturated carbocycles. The Labute approximate surface area is 72.0 Å². The summed E-state index contributed by atoms with van der Waals surface area (Å²) in [4.78, 5) is 10.4. The van der Waals surface area contributed by atoms with Gasteiger partial charge in [-0.25, -0.2) is 0 Å². The molecule has 0 saturated heterocycles. The molecule has 0 aliphatic heterocycles. The van der Waals surface area contributed by atoms with E-state index >= 15 is 0 Å². The summed E-state index contributed by atoms with van der Waals surface area (Å²) in [6, 6.07) is 7.39. The SMILES string of the molecule is C=C/C=C\c1cccc(C=O)c1. The molecule has 0 bridgehead atoms. The minimum atomic E-state index is 0.696. The van der Waals surface area contributed by atoms with Crippen LogP contribution in [0.1, 0.15) is 15.9 Å². The largest absolute Gasteiger partial charge is 0.298 e. The fraction of sp³-hybridized carbons (Fsp3) is 0. The van der Waals surface area contributed by atoms with Gasteiger partial charge >= 0.3 is 0 Å². The summed E-state index contributed by atoms with van der Waals surface area (Å²) in [5.41, 5.74) is 1.71. The van der Waals surface area contributed by atoms with Crippen LogP contribution < -0.4 is 0 Å². The maximum absolute atomic E-state index is 10.4. The predicted molar refractivity (Wildman–Crippen MR) is 51.1 cm³/mol. The number of benzene rings is 1. The number of hydrogen-bond donors (Lipinski definition) is 0. The van der Waals surface area contributed by atoms with Crippen molar-refractivity contribution in [2.45, 2.75) is 0 Å². The van der Waals surface area contributed by atoms with Gasteiger partial charge in [0.1, 0.15) is 6.29 Å². The molecular formula is C11H10O. The molecule has 0 fully saturated rings. The Hall–Kier alpha value is -1.63. The van der Waals surface area contributed by atoms with Crippen molar-refractivity contribution in [3.05, 3.63) is 54.1 Å². The van der Waals surface area contributed by atoms with E-state index in [0.29, 0.717) is 5.56 Å². The van der Waals surface area contributed by atoms with Crippen molar-refractivity contribution < 1.29 is 4.79 Å². The van der Waals surface area contributed by atoms with Gasteiger partial charge < -0.3 is 0 Å². The van der Waals surface area contributed by atoms with E-state index in [0.717, 1.165) is 11.8 Å². The van der Waals surface area contributed by atoms with E-state index < -0.39 is 0 Å². The van der Waals surface area contributed by atoms with E-state index in [9.17, 15) is 4.79 Å². The molecule has 0 N–H and O–H groups in total. The van der Waals surface area contributed by atoms with E-state index in [1.807, 2.05) is 30.4 Å². The third-order valence-corrected chi connectivity index (χ3v) is 1.47. The average molecular weight is 158 g/mol.